The van der Waals surface area contributed by atoms with E-state index in [1.165, 1.54) is 0 Å². The van der Waals surface area contributed by atoms with Crippen LogP contribution in [0.2, 0.25) is 0 Å². The minimum absolute atomic E-state index is 0.00741. The van der Waals surface area contributed by atoms with Gasteiger partial charge in [-0.3, -0.25) is 9.69 Å². The SMILES string of the molecule is CN(C(=O)CN1CCCC1CCCO)C1CCS(=O)(=O)C1. The predicted molar refractivity (Wildman–Crippen MR) is 80.7 cm³/mol. The Kier molecular flexibility index (Phi) is 5.62. The first kappa shape index (κ1) is 16.7. The van der Waals surface area contributed by atoms with Gasteiger partial charge < -0.3 is 10.0 Å². The molecule has 0 spiro atoms. The first-order valence-corrected chi connectivity index (χ1v) is 9.56. The van der Waals surface area contributed by atoms with Crippen LogP contribution in [-0.4, -0.2) is 79.6 Å². The summed E-state index contributed by atoms with van der Waals surface area (Å²) in [6.45, 7) is 1.47. The Hall–Kier alpha value is -0.660. The van der Waals surface area contributed by atoms with Crippen LogP contribution < -0.4 is 0 Å². The van der Waals surface area contributed by atoms with Crippen LogP contribution in [0.4, 0.5) is 0 Å². The summed E-state index contributed by atoms with van der Waals surface area (Å²) in [5.41, 5.74) is 0. The van der Waals surface area contributed by atoms with Crippen LogP contribution in [0, 0.1) is 0 Å². The van der Waals surface area contributed by atoms with E-state index in [0.29, 0.717) is 19.0 Å². The molecular formula is C14H26N2O4S. The zero-order valence-electron chi connectivity index (χ0n) is 12.7. The number of carbonyl (C=O) groups is 1. The molecule has 2 rings (SSSR count). The van der Waals surface area contributed by atoms with Gasteiger partial charge in [0.05, 0.1) is 18.1 Å². The van der Waals surface area contributed by atoms with E-state index in [1.807, 2.05) is 0 Å². The van der Waals surface area contributed by atoms with Gasteiger partial charge in [0.25, 0.3) is 0 Å². The zero-order valence-corrected chi connectivity index (χ0v) is 13.5. The summed E-state index contributed by atoms with van der Waals surface area (Å²) in [4.78, 5) is 16.2. The molecule has 2 aliphatic heterocycles. The van der Waals surface area contributed by atoms with Gasteiger partial charge in [0.1, 0.15) is 0 Å². The third-order valence-corrected chi connectivity index (χ3v) is 6.43. The number of likely N-dealkylation sites (tertiary alicyclic amines) is 1. The number of nitrogens with zero attached hydrogens (tertiary/aromatic N) is 2. The van der Waals surface area contributed by atoms with Crippen molar-refractivity contribution in [2.75, 3.05) is 38.2 Å². The molecule has 1 N–H and O–H groups in total. The number of rotatable bonds is 6. The highest BCUT2D eigenvalue weighted by atomic mass is 32.2. The molecule has 2 atom stereocenters. The van der Waals surface area contributed by atoms with Gasteiger partial charge in [-0.05, 0) is 38.6 Å². The number of amides is 1. The van der Waals surface area contributed by atoms with E-state index in [9.17, 15) is 13.2 Å². The monoisotopic (exact) mass is 318 g/mol. The Labute approximate surface area is 127 Å². The third kappa shape index (κ3) is 4.40. The van der Waals surface area contributed by atoms with Gasteiger partial charge in [0.2, 0.25) is 5.91 Å². The third-order valence-electron chi connectivity index (χ3n) is 4.68. The van der Waals surface area contributed by atoms with Crippen molar-refractivity contribution >= 4 is 15.7 Å². The maximum Gasteiger partial charge on any atom is 0.236 e. The van der Waals surface area contributed by atoms with E-state index in [2.05, 4.69) is 4.90 Å². The molecule has 0 bridgehead atoms. The molecular weight excluding hydrogens is 292 g/mol. The number of hydrogen-bond donors (Lipinski definition) is 1. The van der Waals surface area contributed by atoms with Crippen LogP contribution in [0.25, 0.3) is 0 Å². The summed E-state index contributed by atoms with van der Waals surface area (Å²) < 4.78 is 23.0. The van der Waals surface area contributed by atoms with Gasteiger partial charge in [0.15, 0.2) is 9.84 Å². The zero-order chi connectivity index (χ0) is 15.5. The van der Waals surface area contributed by atoms with Crippen molar-refractivity contribution in [1.29, 1.82) is 0 Å². The van der Waals surface area contributed by atoms with Crippen LogP contribution in [0.5, 0.6) is 0 Å². The fourth-order valence-corrected chi connectivity index (χ4v) is 5.10. The Morgan fingerprint density at radius 2 is 2.14 bits per heavy atom. The van der Waals surface area contributed by atoms with Gasteiger partial charge in [-0.2, -0.15) is 0 Å². The van der Waals surface area contributed by atoms with E-state index < -0.39 is 9.84 Å². The summed E-state index contributed by atoms with van der Waals surface area (Å²) >= 11 is 0. The lowest BCUT2D eigenvalue weighted by Crippen LogP contribution is -2.45. The number of aliphatic hydroxyl groups excluding tert-OH is 1. The smallest absolute Gasteiger partial charge is 0.236 e. The predicted octanol–water partition coefficient (Wildman–Crippen LogP) is -0.131. The fraction of sp³-hybridized carbons (Fsp3) is 0.929. The van der Waals surface area contributed by atoms with Gasteiger partial charge in [-0.15, -0.1) is 0 Å². The van der Waals surface area contributed by atoms with E-state index in [-0.39, 0.29) is 30.1 Å². The molecule has 122 valence electrons. The Balaban J connectivity index is 1.85. The van der Waals surface area contributed by atoms with Gasteiger partial charge in [-0.25, -0.2) is 8.42 Å². The molecule has 2 saturated heterocycles. The summed E-state index contributed by atoms with van der Waals surface area (Å²) in [6, 6.07) is 0.211. The lowest BCUT2D eigenvalue weighted by atomic mass is 10.1. The summed E-state index contributed by atoms with van der Waals surface area (Å²) in [6.07, 6.45) is 4.41. The molecule has 0 radical (unpaired) electrons. The highest BCUT2D eigenvalue weighted by Gasteiger charge is 2.34. The van der Waals surface area contributed by atoms with Crippen LogP contribution in [0.1, 0.15) is 32.1 Å². The van der Waals surface area contributed by atoms with E-state index >= 15 is 0 Å². The van der Waals surface area contributed by atoms with Crippen LogP contribution in [0.3, 0.4) is 0 Å². The van der Waals surface area contributed by atoms with Crippen molar-refractivity contribution < 1.29 is 18.3 Å². The second kappa shape index (κ2) is 7.07. The van der Waals surface area contributed by atoms with E-state index in [0.717, 1.165) is 32.2 Å². The number of hydrogen-bond acceptors (Lipinski definition) is 5. The Bertz CT molecular complexity index is 466. The minimum atomic E-state index is -2.96. The summed E-state index contributed by atoms with van der Waals surface area (Å²) in [7, 11) is -1.24. The minimum Gasteiger partial charge on any atom is -0.396 e. The normalized spacial score (nSPS) is 28.9. The molecule has 2 heterocycles. The molecule has 7 heteroatoms. The van der Waals surface area contributed by atoms with Crippen molar-refractivity contribution in [2.45, 2.75) is 44.2 Å². The molecule has 0 aromatic rings. The van der Waals surface area contributed by atoms with Crippen LogP contribution in [-0.2, 0) is 14.6 Å². The molecule has 21 heavy (non-hydrogen) atoms. The lowest BCUT2D eigenvalue weighted by Gasteiger charge is -2.29. The maximum absolute atomic E-state index is 12.4. The largest absolute Gasteiger partial charge is 0.396 e. The summed E-state index contributed by atoms with van der Waals surface area (Å²) in [5.74, 6) is 0.300. The number of aliphatic hydroxyl groups is 1. The number of sulfone groups is 1. The average Bonchev–Trinajstić information content (AvgIpc) is 3.01. The average molecular weight is 318 g/mol. The highest BCUT2D eigenvalue weighted by Crippen LogP contribution is 2.22. The maximum atomic E-state index is 12.4. The Morgan fingerprint density at radius 1 is 1.38 bits per heavy atom. The molecule has 0 saturated carbocycles. The van der Waals surface area contributed by atoms with Gasteiger partial charge in [-0.1, -0.05) is 0 Å². The van der Waals surface area contributed by atoms with Crippen molar-refractivity contribution in [2.24, 2.45) is 0 Å². The van der Waals surface area contributed by atoms with E-state index in [4.69, 9.17) is 5.11 Å². The van der Waals surface area contributed by atoms with Crippen molar-refractivity contribution in [3.8, 4) is 0 Å². The first-order valence-electron chi connectivity index (χ1n) is 7.74. The molecule has 2 fully saturated rings. The molecule has 1 amide bonds. The van der Waals surface area contributed by atoms with Crippen LogP contribution in [0.15, 0.2) is 0 Å². The quantitative estimate of drug-likeness (QED) is 0.738. The Morgan fingerprint density at radius 3 is 2.76 bits per heavy atom. The molecule has 0 aromatic heterocycles. The van der Waals surface area contributed by atoms with Crippen molar-refractivity contribution in [3.63, 3.8) is 0 Å². The summed E-state index contributed by atoms with van der Waals surface area (Å²) in [5, 5.41) is 8.93. The molecule has 0 aromatic carbocycles. The van der Waals surface area contributed by atoms with Gasteiger partial charge >= 0.3 is 0 Å². The number of carbonyl (C=O) groups excluding carboxylic acids is 1. The second-order valence-corrected chi connectivity index (χ2v) is 8.42. The molecule has 0 aliphatic carbocycles. The van der Waals surface area contributed by atoms with Crippen molar-refractivity contribution in [1.82, 2.24) is 9.80 Å². The molecule has 2 unspecified atom stereocenters. The topological polar surface area (TPSA) is 77.9 Å². The van der Waals surface area contributed by atoms with Crippen molar-refractivity contribution in [3.05, 3.63) is 0 Å². The van der Waals surface area contributed by atoms with E-state index in [1.54, 1.807) is 11.9 Å². The first-order chi connectivity index (χ1) is 9.93. The lowest BCUT2D eigenvalue weighted by molar-refractivity contribution is -0.133. The fourth-order valence-electron chi connectivity index (χ4n) is 3.33. The highest BCUT2D eigenvalue weighted by molar-refractivity contribution is 7.91. The number of likely N-dealkylation sites (N-methyl/N-ethyl adjacent to an activating group) is 1. The standard InChI is InChI=1S/C14H26N2O4S/c1-15(13-6-9-21(19,20)11-13)14(18)10-16-7-2-4-12(16)5-3-8-17/h12-13,17H,2-11H2,1H3. The van der Waals surface area contributed by atoms with Gasteiger partial charge in [0, 0.05) is 25.7 Å². The molecule has 6 nitrogen and oxygen atoms in total. The van der Waals surface area contributed by atoms with Crippen LogP contribution >= 0.6 is 0 Å². The molecule has 2 aliphatic rings. The second-order valence-electron chi connectivity index (χ2n) is 6.19.